The topological polar surface area (TPSA) is 50.9 Å². The van der Waals surface area contributed by atoms with Crippen molar-refractivity contribution in [1.29, 1.82) is 0 Å². The summed E-state index contributed by atoms with van der Waals surface area (Å²) in [5, 5.41) is 3.32. The molecule has 0 atom stereocenters. The minimum Gasteiger partial charge on any atom is -0.340 e. The van der Waals surface area contributed by atoms with E-state index < -0.39 is 0 Å². The van der Waals surface area contributed by atoms with E-state index in [0.717, 1.165) is 17.1 Å². The lowest BCUT2D eigenvalue weighted by Crippen LogP contribution is -2.02. The van der Waals surface area contributed by atoms with Crippen molar-refractivity contribution in [2.75, 3.05) is 5.32 Å². The van der Waals surface area contributed by atoms with E-state index in [4.69, 9.17) is 5.73 Å². The molecular weight excluding hydrogens is 210 g/mol. The number of aromatic nitrogens is 1. The van der Waals surface area contributed by atoms with Crippen molar-refractivity contribution >= 4 is 11.5 Å². The molecule has 88 valence electrons. The number of anilines is 2. The molecule has 1 aromatic carbocycles. The third-order valence-electron chi connectivity index (χ3n) is 2.84. The van der Waals surface area contributed by atoms with Crippen LogP contribution in [0.4, 0.5) is 11.5 Å². The molecule has 0 spiro atoms. The van der Waals surface area contributed by atoms with Crippen LogP contribution in [0, 0.1) is 13.8 Å². The molecule has 0 fully saturated rings. The van der Waals surface area contributed by atoms with E-state index in [0.29, 0.717) is 6.54 Å². The highest BCUT2D eigenvalue weighted by atomic mass is 15.0. The van der Waals surface area contributed by atoms with Crippen LogP contribution in [0.25, 0.3) is 0 Å². The Hall–Kier alpha value is -1.87. The molecule has 0 radical (unpaired) electrons. The van der Waals surface area contributed by atoms with Gasteiger partial charge in [0.2, 0.25) is 0 Å². The van der Waals surface area contributed by atoms with Crippen LogP contribution < -0.4 is 11.1 Å². The van der Waals surface area contributed by atoms with Crippen LogP contribution in [0.5, 0.6) is 0 Å². The van der Waals surface area contributed by atoms with Crippen LogP contribution in [-0.4, -0.2) is 4.98 Å². The Morgan fingerprint density at radius 1 is 1.24 bits per heavy atom. The number of hydrogen-bond donors (Lipinski definition) is 2. The fourth-order valence-electron chi connectivity index (χ4n) is 1.78. The number of nitrogens with one attached hydrogen (secondary N) is 1. The zero-order chi connectivity index (χ0) is 12.3. The van der Waals surface area contributed by atoms with Gasteiger partial charge in [-0.25, -0.2) is 4.98 Å². The van der Waals surface area contributed by atoms with Crippen molar-refractivity contribution in [1.82, 2.24) is 4.98 Å². The first-order chi connectivity index (χ1) is 8.20. The summed E-state index contributed by atoms with van der Waals surface area (Å²) in [4.78, 5) is 4.29. The summed E-state index contributed by atoms with van der Waals surface area (Å²) in [6.07, 6.45) is 1.81. The number of aryl methyl sites for hydroxylation is 1. The largest absolute Gasteiger partial charge is 0.340 e. The van der Waals surface area contributed by atoms with Crippen molar-refractivity contribution in [3.05, 3.63) is 53.2 Å². The molecule has 0 saturated heterocycles. The molecule has 1 heterocycles. The van der Waals surface area contributed by atoms with Gasteiger partial charge in [-0.3, -0.25) is 0 Å². The predicted molar refractivity (Wildman–Crippen MR) is 71.3 cm³/mol. The van der Waals surface area contributed by atoms with Gasteiger partial charge >= 0.3 is 0 Å². The third kappa shape index (κ3) is 2.63. The lowest BCUT2D eigenvalue weighted by molar-refractivity contribution is 1.05. The van der Waals surface area contributed by atoms with Crippen molar-refractivity contribution in [3.63, 3.8) is 0 Å². The Kier molecular flexibility index (Phi) is 3.40. The third-order valence-corrected chi connectivity index (χ3v) is 2.84. The molecule has 17 heavy (non-hydrogen) atoms. The Balaban J connectivity index is 2.30. The first-order valence-electron chi connectivity index (χ1n) is 5.69. The number of nitrogens with zero attached hydrogens (tertiary/aromatic N) is 1. The van der Waals surface area contributed by atoms with Crippen LogP contribution in [-0.2, 0) is 6.54 Å². The zero-order valence-electron chi connectivity index (χ0n) is 10.2. The number of nitrogens with two attached hydrogens (primary N) is 1. The van der Waals surface area contributed by atoms with Crippen LogP contribution >= 0.6 is 0 Å². The van der Waals surface area contributed by atoms with E-state index in [-0.39, 0.29) is 0 Å². The van der Waals surface area contributed by atoms with Crippen molar-refractivity contribution in [3.8, 4) is 0 Å². The fraction of sp³-hybridized carbons (Fsp3) is 0.214. The highest BCUT2D eigenvalue weighted by Gasteiger charge is 2.03. The van der Waals surface area contributed by atoms with Gasteiger partial charge in [0.1, 0.15) is 5.82 Å². The number of rotatable bonds is 3. The van der Waals surface area contributed by atoms with Crippen LogP contribution in [0.3, 0.4) is 0 Å². The Labute approximate surface area is 102 Å². The highest BCUT2D eigenvalue weighted by molar-refractivity contribution is 5.62. The molecule has 0 aliphatic carbocycles. The van der Waals surface area contributed by atoms with E-state index in [1.165, 1.54) is 11.1 Å². The van der Waals surface area contributed by atoms with Crippen molar-refractivity contribution < 1.29 is 0 Å². The summed E-state index contributed by atoms with van der Waals surface area (Å²) in [6, 6.07) is 10.1. The first kappa shape index (κ1) is 11.6. The minimum absolute atomic E-state index is 0.558. The Morgan fingerprint density at radius 3 is 2.76 bits per heavy atom. The summed E-state index contributed by atoms with van der Waals surface area (Å²) in [6.45, 7) is 4.68. The molecule has 0 amide bonds. The lowest BCUT2D eigenvalue weighted by Gasteiger charge is -2.12. The van der Waals surface area contributed by atoms with Gasteiger partial charge in [0.05, 0.1) is 0 Å². The second kappa shape index (κ2) is 4.97. The van der Waals surface area contributed by atoms with Crippen LogP contribution in [0.2, 0.25) is 0 Å². The first-order valence-corrected chi connectivity index (χ1v) is 5.69. The molecule has 2 aromatic rings. The summed E-state index contributed by atoms with van der Waals surface area (Å²) in [5.41, 5.74) is 10.3. The van der Waals surface area contributed by atoms with E-state index in [1.54, 1.807) is 6.20 Å². The molecule has 0 aliphatic heterocycles. The fourth-order valence-corrected chi connectivity index (χ4v) is 1.78. The predicted octanol–water partition coefficient (Wildman–Crippen LogP) is 2.90. The second-order valence-electron chi connectivity index (χ2n) is 4.14. The van der Waals surface area contributed by atoms with Gasteiger partial charge in [-0.05, 0) is 48.7 Å². The molecule has 3 heteroatoms. The zero-order valence-corrected chi connectivity index (χ0v) is 10.2. The van der Waals surface area contributed by atoms with Crippen LogP contribution in [0.15, 0.2) is 36.5 Å². The summed E-state index contributed by atoms with van der Waals surface area (Å²) in [7, 11) is 0. The average Bonchev–Trinajstić information content (AvgIpc) is 2.32. The molecule has 0 aliphatic rings. The number of hydrogen-bond acceptors (Lipinski definition) is 3. The quantitative estimate of drug-likeness (QED) is 0.847. The SMILES string of the molecule is Cc1ccnc(Nc2cccc(CN)c2C)c1. The lowest BCUT2D eigenvalue weighted by atomic mass is 10.1. The summed E-state index contributed by atoms with van der Waals surface area (Å²) >= 11 is 0. The van der Waals surface area contributed by atoms with Gasteiger partial charge in [0, 0.05) is 18.4 Å². The molecule has 3 nitrogen and oxygen atoms in total. The number of pyridine rings is 1. The molecular formula is C14H17N3. The van der Waals surface area contributed by atoms with E-state index in [9.17, 15) is 0 Å². The van der Waals surface area contributed by atoms with E-state index in [2.05, 4.69) is 24.1 Å². The van der Waals surface area contributed by atoms with Crippen LogP contribution in [0.1, 0.15) is 16.7 Å². The van der Waals surface area contributed by atoms with Crippen molar-refractivity contribution in [2.24, 2.45) is 5.73 Å². The molecule has 1 aromatic heterocycles. The average molecular weight is 227 g/mol. The Bertz CT molecular complexity index is 521. The number of benzene rings is 1. The standard InChI is InChI=1S/C14H17N3/c1-10-6-7-16-14(8-10)17-13-5-3-4-12(9-15)11(13)2/h3-8H,9,15H2,1-2H3,(H,16,17). The smallest absolute Gasteiger partial charge is 0.130 e. The maximum absolute atomic E-state index is 5.69. The van der Waals surface area contributed by atoms with Gasteiger partial charge in [-0.2, -0.15) is 0 Å². The summed E-state index contributed by atoms with van der Waals surface area (Å²) in [5.74, 6) is 0.863. The maximum atomic E-state index is 5.69. The van der Waals surface area contributed by atoms with Gasteiger partial charge < -0.3 is 11.1 Å². The molecule has 0 saturated carbocycles. The maximum Gasteiger partial charge on any atom is 0.130 e. The Morgan fingerprint density at radius 2 is 2.06 bits per heavy atom. The van der Waals surface area contributed by atoms with Gasteiger partial charge in [-0.1, -0.05) is 12.1 Å². The molecule has 0 unspecified atom stereocenters. The molecule has 2 rings (SSSR count). The summed E-state index contributed by atoms with van der Waals surface area (Å²) < 4.78 is 0. The second-order valence-corrected chi connectivity index (χ2v) is 4.14. The minimum atomic E-state index is 0.558. The normalized spacial score (nSPS) is 10.3. The van der Waals surface area contributed by atoms with Gasteiger partial charge in [0.25, 0.3) is 0 Å². The van der Waals surface area contributed by atoms with Gasteiger partial charge in [0.15, 0.2) is 0 Å². The molecule has 0 bridgehead atoms. The monoisotopic (exact) mass is 227 g/mol. The van der Waals surface area contributed by atoms with Gasteiger partial charge in [-0.15, -0.1) is 0 Å². The van der Waals surface area contributed by atoms with Crippen molar-refractivity contribution in [2.45, 2.75) is 20.4 Å². The van der Waals surface area contributed by atoms with E-state index in [1.807, 2.05) is 30.3 Å². The molecule has 3 N–H and O–H groups in total. The van der Waals surface area contributed by atoms with E-state index >= 15 is 0 Å². The highest BCUT2D eigenvalue weighted by Crippen LogP contribution is 2.22.